The number of hydrogen-bond donors (Lipinski definition) is 12. The van der Waals surface area contributed by atoms with E-state index >= 15 is 0 Å². The van der Waals surface area contributed by atoms with Gasteiger partial charge in [0, 0.05) is 22.4 Å². The molecule has 12 N–H and O–H groups in total. The quantitative estimate of drug-likeness (QED) is 0.0793. The topological polar surface area (TPSA) is 345 Å². The maximum absolute atomic E-state index is 10.4. The molecule has 0 atom stereocenters. The molecule has 0 heterocycles. The predicted molar refractivity (Wildman–Crippen MR) is 71.9 cm³/mol. The second-order valence-electron chi connectivity index (χ2n) is 2.84. The molecule has 31 heteroatoms. The fourth-order valence-corrected chi connectivity index (χ4v) is 0. The van der Waals surface area contributed by atoms with Gasteiger partial charge in [0.25, 0.3) is 0 Å². The summed E-state index contributed by atoms with van der Waals surface area (Å²) in [7, 11) is 0. The van der Waals surface area contributed by atoms with Crippen molar-refractivity contribution in [1.82, 2.24) is 0 Å². The third-order valence-corrected chi connectivity index (χ3v) is 0. The maximum atomic E-state index is 10.4. The second-order valence-corrected chi connectivity index (χ2v) is 14.7. The Kier molecular flexibility index (Phi) is 34.3. The average molecular weight is 971 g/mol. The molecule has 0 amide bonds. The minimum Gasteiger partial charge on any atom is 0 e. The van der Waals surface area contributed by atoms with Gasteiger partial charge in [0.15, 0.2) is 0 Å². The molecule has 18 nitrogen and oxygen atoms in total. The fourth-order valence-electron chi connectivity index (χ4n) is 0. The third-order valence-electron chi connectivity index (χ3n) is 0. The summed E-state index contributed by atoms with van der Waals surface area (Å²) >= 11 is -33.8. The Morgan fingerprint density at radius 3 is 0.290 bits per heavy atom. The van der Waals surface area contributed by atoms with E-state index in [-0.39, 0.29) is 22.4 Å². The van der Waals surface area contributed by atoms with Crippen molar-refractivity contribution < 1.29 is 115 Å². The van der Waals surface area contributed by atoms with E-state index in [0.717, 1.165) is 0 Å². The van der Waals surface area contributed by atoms with Gasteiger partial charge in [-0.2, -0.15) is 0 Å². The molecule has 0 saturated carbocycles. The largest absolute Gasteiger partial charge is 0 e. The monoisotopic (exact) mass is 970 g/mol. The summed E-state index contributed by atoms with van der Waals surface area (Å²) in [6.07, 6.45) is 0. The van der Waals surface area contributed by atoms with Gasteiger partial charge in [-0.25, -0.2) is 0 Å². The minimum absolute atomic E-state index is 0. The molecule has 0 saturated heterocycles. The molecule has 0 bridgehead atoms. The standard InChI is InChI=1S/Ag.6AsFH2O3/c;6*2-1(3,4)5/h;6*(H2,3,4,5). The van der Waals surface area contributed by atoms with Crippen molar-refractivity contribution in [1.29, 1.82) is 0 Å². The van der Waals surface area contributed by atoms with Crippen molar-refractivity contribution in [3.05, 3.63) is 0 Å². The van der Waals surface area contributed by atoms with Crippen LogP contribution in [0.15, 0.2) is 0 Å². The molecular weight excluding hydrogens is 959 g/mol. The van der Waals surface area contributed by atoms with Crippen LogP contribution < -0.4 is 0 Å². The summed E-state index contributed by atoms with van der Waals surface area (Å²) in [6, 6.07) is 0. The van der Waals surface area contributed by atoms with E-state index in [1.165, 1.54) is 0 Å². The Morgan fingerprint density at radius 1 is 0.290 bits per heavy atom. The SMILES string of the molecule is O=[As](O)(O)F.O=[As](O)(O)F.O=[As](O)(O)F.O=[As](O)(O)F.O=[As](O)(O)F.O=[As](O)(O)F.[Ag]. The third kappa shape index (κ3) is 7260. The van der Waals surface area contributed by atoms with E-state index < -0.39 is 87.9 Å². The Bertz CT molecular complexity index is 480. The van der Waals surface area contributed by atoms with Gasteiger partial charge in [-0.1, -0.05) is 0 Å². The molecule has 0 aromatic heterocycles. The van der Waals surface area contributed by atoms with Crippen molar-refractivity contribution in [2.75, 3.05) is 0 Å². The van der Waals surface area contributed by atoms with E-state index in [0.29, 0.717) is 0 Å². The van der Waals surface area contributed by atoms with E-state index in [1.807, 2.05) is 0 Å². The van der Waals surface area contributed by atoms with Gasteiger partial charge in [-0.15, -0.1) is 0 Å². The van der Waals surface area contributed by atoms with Crippen LogP contribution in [0, 0.1) is 0 Å². The first-order valence-electron chi connectivity index (χ1n) is 4.51. The number of halogens is 6. The van der Waals surface area contributed by atoms with Crippen molar-refractivity contribution in [2.45, 2.75) is 0 Å². The van der Waals surface area contributed by atoms with Gasteiger partial charge < -0.3 is 0 Å². The molecule has 0 fully saturated rings. The van der Waals surface area contributed by atoms with Crippen molar-refractivity contribution in [2.24, 2.45) is 0 Å². The molecule has 1 radical (unpaired) electrons. The predicted octanol–water partition coefficient (Wildman–Crippen LogP) is -7.16. The number of hydrogen-bond acceptors (Lipinski definition) is 6. The zero-order valence-corrected chi connectivity index (χ0v) is 25.8. The van der Waals surface area contributed by atoms with Crippen LogP contribution in [0.3, 0.4) is 0 Å². The van der Waals surface area contributed by atoms with E-state index in [1.54, 1.807) is 0 Å². The average Bonchev–Trinajstić information content (AvgIpc) is 1.94. The first-order valence-corrected chi connectivity index (χ1v) is 23.4. The summed E-state index contributed by atoms with van der Waals surface area (Å²) in [4.78, 5) is 0. The molecule has 0 aliphatic heterocycles. The van der Waals surface area contributed by atoms with Crippen LogP contribution in [-0.2, 0) is 44.8 Å². The van der Waals surface area contributed by atoms with Gasteiger partial charge in [0.1, 0.15) is 0 Å². The van der Waals surface area contributed by atoms with Gasteiger partial charge in [0.2, 0.25) is 0 Å². The molecule has 0 spiro atoms. The van der Waals surface area contributed by atoms with E-state index in [4.69, 9.17) is 71.6 Å². The molecule has 203 valence electrons. The molecule has 0 aliphatic carbocycles. The normalized spacial score (nSPS) is 11.4. The summed E-state index contributed by atoms with van der Waals surface area (Å²) in [5, 5.41) is 0. The summed E-state index contributed by atoms with van der Waals surface area (Å²) in [5.41, 5.74) is 0. The molecule has 31 heavy (non-hydrogen) atoms. The van der Waals surface area contributed by atoms with Gasteiger partial charge in [-0.3, -0.25) is 0 Å². The molecule has 0 aromatic carbocycles. The van der Waals surface area contributed by atoms with Gasteiger partial charge in [0.05, 0.1) is 0 Å². The smallest absolute Gasteiger partial charge is 0 e. The van der Waals surface area contributed by atoms with E-state index in [9.17, 15) is 20.8 Å². The summed E-state index contributed by atoms with van der Waals surface area (Å²) in [6.45, 7) is 0. The summed E-state index contributed by atoms with van der Waals surface area (Å²) < 4.78 is 199. The second kappa shape index (κ2) is 21.3. The Morgan fingerprint density at radius 2 is 0.290 bits per heavy atom. The Hall–Kier alpha value is 1.99. The number of rotatable bonds is 0. The van der Waals surface area contributed by atoms with Crippen LogP contribution in [0.5, 0.6) is 0 Å². The Balaban J connectivity index is -0.0000000443. The first-order chi connectivity index (χ1) is 12.0. The molecule has 0 aliphatic rings. The van der Waals surface area contributed by atoms with Crippen LogP contribution >= 0.6 is 0 Å². The first kappa shape index (κ1) is 50.0. The van der Waals surface area contributed by atoms with Crippen LogP contribution in [0.1, 0.15) is 0 Å². The minimum atomic E-state index is -5.62. The van der Waals surface area contributed by atoms with Crippen molar-refractivity contribution in [3.8, 4) is 0 Å². The zero-order chi connectivity index (χ0) is 27.0. The van der Waals surface area contributed by atoms with Gasteiger partial charge >= 0.3 is 180 Å². The van der Waals surface area contributed by atoms with Crippen molar-refractivity contribution >= 4 is 87.9 Å². The Labute approximate surface area is 200 Å². The fraction of sp³-hybridized carbons (Fsp3) is 0. The van der Waals surface area contributed by atoms with Crippen LogP contribution in [-0.4, -0.2) is 137 Å². The maximum Gasteiger partial charge on any atom is 0 e. The summed E-state index contributed by atoms with van der Waals surface area (Å²) in [5.74, 6) is 0. The molecular formula is H12AgAs6F6O18. The molecule has 0 unspecified atom stereocenters. The van der Waals surface area contributed by atoms with Crippen LogP contribution in [0.2, 0.25) is 0 Å². The van der Waals surface area contributed by atoms with Crippen molar-refractivity contribution in [3.63, 3.8) is 0 Å². The zero-order valence-electron chi connectivity index (χ0n) is 13.1. The van der Waals surface area contributed by atoms with E-state index in [2.05, 4.69) is 0 Å². The van der Waals surface area contributed by atoms with Crippen LogP contribution in [0.4, 0.5) is 20.8 Å². The molecule has 0 aromatic rings. The molecule has 0 rings (SSSR count). The van der Waals surface area contributed by atoms with Gasteiger partial charge in [-0.05, 0) is 0 Å². The van der Waals surface area contributed by atoms with Crippen LogP contribution in [0.25, 0.3) is 0 Å².